The van der Waals surface area contributed by atoms with Crippen LogP contribution in [0.5, 0.6) is 0 Å². The van der Waals surface area contributed by atoms with Gasteiger partial charge in [-0.2, -0.15) is 13.2 Å². The first kappa shape index (κ1) is 22.3. The van der Waals surface area contributed by atoms with Crippen LogP contribution < -0.4 is 11.2 Å². The summed E-state index contributed by atoms with van der Waals surface area (Å²) < 4.78 is 51.2. The number of halogens is 3. The van der Waals surface area contributed by atoms with Crippen LogP contribution in [0.3, 0.4) is 0 Å². The maximum atomic E-state index is 13.1. The summed E-state index contributed by atoms with van der Waals surface area (Å²) in [6.07, 6.45) is -4.63. The number of primary amides is 1. The van der Waals surface area contributed by atoms with E-state index >= 15 is 0 Å². The van der Waals surface area contributed by atoms with Gasteiger partial charge in [-0.05, 0) is 56.4 Å². The second-order valence-corrected chi connectivity index (χ2v) is 8.36. The van der Waals surface area contributed by atoms with Gasteiger partial charge >= 0.3 is 13.3 Å². The highest BCUT2D eigenvalue weighted by molar-refractivity contribution is 6.62. The van der Waals surface area contributed by atoms with Crippen molar-refractivity contribution in [1.29, 1.82) is 0 Å². The summed E-state index contributed by atoms with van der Waals surface area (Å²) >= 11 is 0. The van der Waals surface area contributed by atoms with Crippen LogP contribution in [0.1, 0.15) is 44.4 Å². The Balaban J connectivity index is 1.98. The van der Waals surface area contributed by atoms with E-state index in [0.29, 0.717) is 11.5 Å². The van der Waals surface area contributed by atoms with Crippen LogP contribution in [0, 0.1) is 0 Å². The Morgan fingerprint density at radius 3 is 1.90 bits per heavy atom. The third-order valence-corrected chi connectivity index (χ3v) is 5.82. The van der Waals surface area contributed by atoms with Gasteiger partial charge in [-0.25, -0.2) is 0 Å². The van der Waals surface area contributed by atoms with Crippen molar-refractivity contribution in [2.75, 3.05) is 0 Å². The Hall–Kier alpha value is -2.36. The minimum atomic E-state index is -4.63. The molecule has 3 rings (SSSR count). The summed E-state index contributed by atoms with van der Waals surface area (Å²) in [5.41, 5.74) is 1.27. The number of benzene rings is 2. The standard InChI is InChI=1S/C21H23BF3NO4/c1-18(2)19(3,4)30-22(29-18)16-10-8-13(9-11-16)20(28,17(26)27)14-6-5-7-15(12-14)21(23,24)25/h5-12,28H,1-4H3,(H2,26,27). The summed E-state index contributed by atoms with van der Waals surface area (Å²) in [5, 5.41) is 11.0. The van der Waals surface area contributed by atoms with E-state index in [0.717, 1.165) is 12.1 Å². The van der Waals surface area contributed by atoms with Crippen LogP contribution in [0.25, 0.3) is 0 Å². The van der Waals surface area contributed by atoms with Crippen molar-refractivity contribution in [1.82, 2.24) is 0 Å². The molecular formula is C21H23BF3NO4. The van der Waals surface area contributed by atoms with Gasteiger partial charge in [0.2, 0.25) is 0 Å². The predicted molar refractivity (Wildman–Crippen MR) is 106 cm³/mol. The number of aliphatic hydroxyl groups is 1. The first-order valence-corrected chi connectivity index (χ1v) is 9.34. The first-order chi connectivity index (χ1) is 13.7. The molecule has 0 bridgehead atoms. The summed E-state index contributed by atoms with van der Waals surface area (Å²) in [4.78, 5) is 12.1. The molecule has 5 nitrogen and oxygen atoms in total. The number of hydrogen-bond acceptors (Lipinski definition) is 4. The minimum Gasteiger partial charge on any atom is -0.399 e. The molecule has 1 fully saturated rings. The summed E-state index contributed by atoms with van der Waals surface area (Å²) in [6.45, 7) is 7.61. The highest BCUT2D eigenvalue weighted by atomic mass is 19.4. The lowest BCUT2D eigenvalue weighted by atomic mass is 9.77. The Kier molecular flexibility index (Phi) is 5.29. The molecule has 0 saturated carbocycles. The number of carbonyl (C=O) groups excluding carboxylic acids is 1. The zero-order valence-corrected chi connectivity index (χ0v) is 17.1. The minimum absolute atomic E-state index is 0.0367. The van der Waals surface area contributed by atoms with Crippen molar-refractivity contribution in [2.24, 2.45) is 5.73 Å². The maximum Gasteiger partial charge on any atom is 0.494 e. The molecule has 1 aliphatic rings. The number of nitrogens with two attached hydrogens (primary N) is 1. The Morgan fingerprint density at radius 2 is 1.43 bits per heavy atom. The lowest BCUT2D eigenvalue weighted by molar-refractivity contribution is -0.138. The molecule has 0 aromatic heterocycles. The number of carbonyl (C=O) groups is 1. The van der Waals surface area contributed by atoms with Crippen LogP contribution in [-0.2, 0) is 25.9 Å². The fourth-order valence-corrected chi connectivity index (χ4v) is 3.23. The molecule has 0 spiro atoms. The van der Waals surface area contributed by atoms with Crippen LogP contribution in [0.2, 0.25) is 0 Å². The zero-order valence-electron chi connectivity index (χ0n) is 17.1. The molecule has 160 valence electrons. The van der Waals surface area contributed by atoms with Gasteiger partial charge in [-0.3, -0.25) is 4.79 Å². The molecular weight excluding hydrogens is 398 g/mol. The van der Waals surface area contributed by atoms with Crippen molar-refractivity contribution < 1.29 is 32.4 Å². The molecule has 1 amide bonds. The molecule has 3 N–H and O–H groups in total. The second kappa shape index (κ2) is 7.11. The topological polar surface area (TPSA) is 81.8 Å². The fraction of sp³-hybridized carbons (Fsp3) is 0.381. The molecule has 30 heavy (non-hydrogen) atoms. The Morgan fingerprint density at radius 1 is 0.933 bits per heavy atom. The Labute approximate surface area is 173 Å². The molecule has 1 aliphatic heterocycles. The SMILES string of the molecule is CC1(C)OB(c2ccc(C(O)(C(N)=O)c3cccc(C(F)(F)F)c3)cc2)OC1(C)C. The molecule has 2 aromatic rings. The number of alkyl halides is 3. The van der Waals surface area contributed by atoms with Gasteiger partial charge in [0.1, 0.15) is 0 Å². The van der Waals surface area contributed by atoms with E-state index in [2.05, 4.69) is 0 Å². The smallest absolute Gasteiger partial charge is 0.399 e. The van der Waals surface area contributed by atoms with Crippen molar-refractivity contribution in [3.8, 4) is 0 Å². The van der Waals surface area contributed by atoms with Crippen molar-refractivity contribution >= 4 is 18.5 Å². The van der Waals surface area contributed by atoms with Crippen molar-refractivity contribution in [2.45, 2.75) is 50.7 Å². The Bertz CT molecular complexity index is 943. The monoisotopic (exact) mass is 421 g/mol. The largest absolute Gasteiger partial charge is 0.494 e. The summed E-state index contributed by atoms with van der Waals surface area (Å²) in [6, 6.07) is 9.92. The molecule has 1 unspecified atom stereocenters. The summed E-state index contributed by atoms with van der Waals surface area (Å²) in [5.74, 6) is -1.19. The average Bonchev–Trinajstić information content (AvgIpc) is 2.88. The molecule has 0 radical (unpaired) electrons. The lowest BCUT2D eigenvalue weighted by Gasteiger charge is -2.32. The number of hydrogen-bond donors (Lipinski definition) is 2. The van der Waals surface area contributed by atoms with E-state index in [1.165, 1.54) is 18.2 Å². The highest BCUT2D eigenvalue weighted by Gasteiger charge is 2.51. The molecule has 1 atom stereocenters. The zero-order chi connectivity index (χ0) is 22.5. The average molecular weight is 421 g/mol. The van der Waals surface area contributed by atoms with E-state index in [4.69, 9.17) is 15.0 Å². The van der Waals surface area contributed by atoms with Gasteiger partial charge in [-0.1, -0.05) is 36.4 Å². The predicted octanol–water partition coefficient (Wildman–Crippen LogP) is 2.73. The van der Waals surface area contributed by atoms with Gasteiger partial charge in [-0.15, -0.1) is 0 Å². The van der Waals surface area contributed by atoms with Crippen LogP contribution in [0.4, 0.5) is 13.2 Å². The quantitative estimate of drug-likeness (QED) is 0.745. The third-order valence-electron chi connectivity index (χ3n) is 5.82. The van der Waals surface area contributed by atoms with Gasteiger partial charge < -0.3 is 20.1 Å². The first-order valence-electron chi connectivity index (χ1n) is 9.34. The summed E-state index contributed by atoms with van der Waals surface area (Å²) in [7, 11) is -0.667. The normalized spacial score (nSPS) is 20.1. The van der Waals surface area contributed by atoms with E-state index < -0.39 is 41.6 Å². The number of rotatable bonds is 4. The van der Waals surface area contributed by atoms with Crippen molar-refractivity contribution in [3.63, 3.8) is 0 Å². The lowest BCUT2D eigenvalue weighted by Crippen LogP contribution is -2.43. The van der Waals surface area contributed by atoms with E-state index in [9.17, 15) is 23.1 Å². The molecule has 1 heterocycles. The third kappa shape index (κ3) is 3.73. The molecule has 0 aliphatic carbocycles. The fourth-order valence-electron chi connectivity index (χ4n) is 3.23. The maximum absolute atomic E-state index is 13.1. The van der Waals surface area contributed by atoms with Crippen LogP contribution in [0.15, 0.2) is 48.5 Å². The van der Waals surface area contributed by atoms with Gasteiger partial charge in [0.05, 0.1) is 16.8 Å². The van der Waals surface area contributed by atoms with Gasteiger partial charge in [0, 0.05) is 0 Å². The van der Waals surface area contributed by atoms with E-state index in [1.807, 2.05) is 27.7 Å². The van der Waals surface area contributed by atoms with Crippen LogP contribution >= 0.6 is 0 Å². The molecule has 1 saturated heterocycles. The second-order valence-electron chi connectivity index (χ2n) is 8.36. The van der Waals surface area contributed by atoms with E-state index in [-0.39, 0.29) is 11.1 Å². The molecule has 2 aromatic carbocycles. The molecule has 9 heteroatoms. The van der Waals surface area contributed by atoms with Gasteiger partial charge in [0.25, 0.3) is 5.91 Å². The highest BCUT2D eigenvalue weighted by Crippen LogP contribution is 2.37. The van der Waals surface area contributed by atoms with E-state index in [1.54, 1.807) is 12.1 Å². The van der Waals surface area contributed by atoms with Crippen molar-refractivity contribution in [3.05, 3.63) is 65.2 Å². The van der Waals surface area contributed by atoms with Gasteiger partial charge in [0.15, 0.2) is 5.60 Å². The number of amides is 1. The van der Waals surface area contributed by atoms with Crippen LogP contribution in [-0.4, -0.2) is 29.3 Å².